The second-order valence-electron chi connectivity index (χ2n) is 12.1. The smallest absolute Gasteiger partial charge is 0.0437 e. The largest absolute Gasteiger partial charge is 0.135 e. The first-order valence-corrected chi connectivity index (χ1v) is 15.5. The van der Waals surface area contributed by atoms with E-state index in [1.54, 1.807) is 0 Å². The average molecular weight is 553 g/mol. The highest BCUT2D eigenvalue weighted by atomic mass is 32.1. The van der Waals surface area contributed by atoms with Gasteiger partial charge in [-0.1, -0.05) is 135 Å². The molecule has 0 spiro atoms. The molecule has 198 valence electrons. The van der Waals surface area contributed by atoms with Gasteiger partial charge in [-0.25, -0.2) is 0 Å². The first-order valence-electron chi connectivity index (χ1n) is 14.7. The lowest BCUT2D eigenvalue weighted by atomic mass is 9.80. The van der Waals surface area contributed by atoms with E-state index in [0.29, 0.717) is 0 Å². The monoisotopic (exact) mass is 552 g/mol. The van der Waals surface area contributed by atoms with E-state index in [1.807, 2.05) is 11.3 Å². The Kier molecular flexibility index (Phi) is 4.93. The fraction of sp³-hybridized carbons (Fsp3) is 0.0732. The van der Waals surface area contributed by atoms with Crippen molar-refractivity contribution in [3.05, 3.63) is 145 Å². The molecule has 1 heterocycles. The average Bonchev–Trinajstić information content (AvgIpc) is 3.52. The van der Waals surface area contributed by atoms with Crippen LogP contribution in [-0.2, 0) is 5.41 Å². The normalized spacial score (nSPS) is 13.7. The Hall–Kier alpha value is -4.72. The second-order valence-corrected chi connectivity index (χ2v) is 13.1. The lowest BCUT2D eigenvalue weighted by molar-refractivity contribution is 0.661. The van der Waals surface area contributed by atoms with Crippen LogP contribution in [0.1, 0.15) is 25.0 Å². The van der Waals surface area contributed by atoms with E-state index in [9.17, 15) is 0 Å². The van der Waals surface area contributed by atoms with Crippen LogP contribution >= 0.6 is 11.3 Å². The SMILES string of the molecule is CC1(C)c2cc(-c3c4ccccc4c(-c4ccccc4)c4ccccc34)ccc2-c2c1ccc1c2sc2ccccc21. The summed E-state index contributed by atoms with van der Waals surface area (Å²) in [6.07, 6.45) is 0. The van der Waals surface area contributed by atoms with Crippen LogP contribution in [0.3, 0.4) is 0 Å². The van der Waals surface area contributed by atoms with Gasteiger partial charge in [-0.05, 0) is 72.6 Å². The van der Waals surface area contributed by atoms with Gasteiger partial charge >= 0.3 is 0 Å². The highest BCUT2D eigenvalue weighted by Gasteiger charge is 2.37. The number of fused-ring (bicyclic) bond motifs is 9. The third-order valence-corrected chi connectivity index (χ3v) is 10.7. The van der Waals surface area contributed by atoms with Crippen LogP contribution in [-0.4, -0.2) is 0 Å². The molecule has 0 saturated heterocycles. The molecule has 0 aliphatic heterocycles. The lowest BCUT2D eigenvalue weighted by Crippen LogP contribution is -2.15. The third-order valence-electron chi connectivity index (χ3n) is 9.47. The Morgan fingerprint density at radius 2 is 1.00 bits per heavy atom. The van der Waals surface area contributed by atoms with Gasteiger partial charge in [0.2, 0.25) is 0 Å². The number of hydrogen-bond donors (Lipinski definition) is 0. The molecular formula is C41H28S. The maximum absolute atomic E-state index is 2.49. The molecule has 9 rings (SSSR count). The van der Waals surface area contributed by atoms with E-state index in [4.69, 9.17) is 0 Å². The van der Waals surface area contributed by atoms with Crippen LogP contribution in [0.5, 0.6) is 0 Å². The van der Waals surface area contributed by atoms with Crippen molar-refractivity contribution in [2.24, 2.45) is 0 Å². The van der Waals surface area contributed by atoms with E-state index >= 15 is 0 Å². The maximum atomic E-state index is 2.49. The molecule has 1 aliphatic carbocycles. The highest BCUT2D eigenvalue weighted by Crippen LogP contribution is 2.55. The van der Waals surface area contributed by atoms with Crippen LogP contribution in [0.25, 0.3) is 75.1 Å². The summed E-state index contributed by atoms with van der Waals surface area (Å²) in [5, 5.41) is 7.93. The summed E-state index contributed by atoms with van der Waals surface area (Å²) in [5.74, 6) is 0. The van der Waals surface area contributed by atoms with Crippen LogP contribution in [0.4, 0.5) is 0 Å². The predicted molar refractivity (Wildman–Crippen MR) is 183 cm³/mol. The van der Waals surface area contributed by atoms with Gasteiger partial charge in [-0.2, -0.15) is 0 Å². The minimum Gasteiger partial charge on any atom is -0.135 e. The maximum Gasteiger partial charge on any atom is 0.0437 e. The Morgan fingerprint density at radius 3 is 1.67 bits per heavy atom. The molecule has 0 saturated carbocycles. The molecule has 8 aromatic rings. The summed E-state index contributed by atoms with van der Waals surface area (Å²) >= 11 is 1.94. The minimum atomic E-state index is -0.0827. The second kappa shape index (κ2) is 8.64. The fourth-order valence-electron chi connectivity index (χ4n) is 7.51. The van der Waals surface area contributed by atoms with Gasteiger partial charge in [-0.15, -0.1) is 11.3 Å². The zero-order valence-corrected chi connectivity index (χ0v) is 24.4. The third kappa shape index (κ3) is 3.17. The summed E-state index contributed by atoms with van der Waals surface area (Å²) < 4.78 is 2.77. The van der Waals surface area contributed by atoms with E-state index < -0.39 is 0 Å². The lowest BCUT2D eigenvalue weighted by Gasteiger charge is -2.23. The number of thiophene rings is 1. The van der Waals surface area contributed by atoms with E-state index in [0.717, 1.165) is 0 Å². The Balaban J connectivity index is 1.34. The molecule has 1 aromatic heterocycles. The van der Waals surface area contributed by atoms with Gasteiger partial charge in [0, 0.05) is 31.2 Å². The van der Waals surface area contributed by atoms with Crippen LogP contribution in [0.2, 0.25) is 0 Å². The molecule has 1 heteroatoms. The molecular weight excluding hydrogens is 525 g/mol. The van der Waals surface area contributed by atoms with Crippen molar-refractivity contribution in [3.63, 3.8) is 0 Å². The van der Waals surface area contributed by atoms with Gasteiger partial charge < -0.3 is 0 Å². The van der Waals surface area contributed by atoms with Gasteiger partial charge in [0.1, 0.15) is 0 Å². The predicted octanol–water partition coefficient (Wildman–Crippen LogP) is 12.0. The molecule has 1 aliphatic rings. The standard InChI is InChI=1S/C41H28S/c1-41(2)34-23-22-32-27-14-10-11-19-36(27)42-40(32)39(34)33-21-20-26(24-35(33)41)38-30-17-8-6-15-28(30)37(25-12-4-3-5-13-25)29-16-7-9-18-31(29)38/h3-24H,1-2H3. The summed E-state index contributed by atoms with van der Waals surface area (Å²) in [4.78, 5) is 0. The number of benzene rings is 7. The van der Waals surface area contributed by atoms with Crippen molar-refractivity contribution in [2.45, 2.75) is 19.3 Å². The molecule has 0 N–H and O–H groups in total. The first kappa shape index (κ1) is 23.9. The quantitative estimate of drug-likeness (QED) is 0.187. The van der Waals surface area contributed by atoms with Crippen LogP contribution in [0.15, 0.2) is 133 Å². The summed E-state index contributed by atoms with van der Waals surface area (Å²) in [6.45, 7) is 4.80. The van der Waals surface area contributed by atoms with Gasteiger partial charge in [-0.3, -0.25) is 0 Å². The molecule has 42 heavy (non-hydrogen) atoms. The zero-order valence-electron chi connectivity index (χ0n) is 23.6. The Bertz CT molecular complexity index is 2310. The van der Waals surface area contributed by atoms with E-state index in [2.05, 4.69) is 147 Å². The van der Waals surface area contributed by atoms with Crippen molar-refractivity contribution in [3.8, 4) is 33.4 Å². The molecule has 0 radical (unpaired) electrons. The topological polar surface area (TPSA) is 0 Å². The summed E-state index contributed by atoms with van der Waals surface area (Å²) in [7, 11) is 0. The summed E-state index contributed by atoms with van der Waals surface area (Å²) in [6, 6.07) is 49.6. The van der Waals surface area contributed by atoms with Crippen LogP contribution < -0.4 is 0 Å². The van der Waals surface area contributed by atoms with Gasteiger partial charge in [0.15, 0.2) is 0 Å². The Morgan fingerprint density at radius 1 is 0.429 bits per heavy atom. The molecule has 7 aromatic carbocycles. The molecule has 0 nitrogen and oxygen atoms in total. The first-order chi connectivity index (χ1) is 20.6. The Labute approximate surface area is 249 Å². The van der Waals surface area contributed by atoms with Crippen molar-refractivity contribution in [1.82, 2.24) is 0 Å². The molecule has 0 unspecified atom stereocenters. The number of rotatable bonds is 2. The molecule has 0 fully saturated rings. The zero-order chi connectivity index (χ0) is 28.0. The van der Waals surface area contributed by atoms with E-state index in [-0.39, 0.29) is 5.41 Å². The molecule has 0 amide bonds. The highest BCUT2D eigenvalue weighted by molar-refractivity contribution is 7.26. The van der Waals surface area contributed by atoms with E-state index in [1.165, 1.54) is 86.2 Å². The van der Waals surface area contributed by atoms with Gasteiger partial charge in [0.05, 0.1) is 0 Å². The fourth-order valence-corrected chi connectivity index (χ4v) is 8.78. The number of hydrogen-bond acceptors (Lipinski definition) is 1. The summed E-state index contributed by atoms with van der Waals surface area (Å²) in [5.41, 5.74) is 10.8. The minimum absolute atomic E-state index is 0.0827. The molecule has 0 bridgehead atoms. The molecule has 0 atom stereocenters. The van der Waals surface area contributed by atoms with Gasteiger partial charge in [0.25, 0.3) is 0 Å². The van der Waals surface area contributed by atoms with Crippen molar-refractivity contribution in [2.75, 3.05) is 0 Å². The van der Waals surface area contributed by atoms with Crippen molar-refractivity contribution >= 4 is 53.1 Å². The van der Waals surface area contributed by atoms with Crippen LogP contribution in [0, 0.1) is 0 Å². The van der Waals surface area contributed by atoms with Crippen molar-refractivity contribution < 1.29 is 0 Å². The van der Waals surface area contributed by atoms with Crippen molar-refractivity contribution in [1.29, 1.82) is 0 Å².